The number of amidine groups is 1. The molecule has 0 bridgehead atoms. The predicted octanol–water partition coefficient (Wildman–Crippen LogP) is 1.45. The topological polar surface area (TPSA) is 132 Å². The van der Waals surface area contributed by atoms with Crippen LogP contribution in [0.4, 0.5) is 5.69 Å². The number of aliphatic imine (C=N–C) groups is 1. The number of thiophene rings is 1. The number of benzene rings is 1. The van der Waals surface area contributed by atoms with Crippen LogP contribution in [-0.4, -0.2) is 76.9 Å². The Morgan fingerprint density at radius 2 is 1.73 bits per heavy atom. The molecule has 0 aliphatic carbocycles. The fourth-order valence-corrected chi connectivity index (χ4v) is 8.34. The Hall–Kier alpha value is -3.71. The molecule has 1 aromatic carbocycles. The molecule has 3 atom stereocenters. The number of ether oxygens (including phenoxy) is 3. The number of para-hydroxylation sites is 1. The fourth-order valence-electron chi connectivity index (χ4n) is 5.62. The van der Waals surface area contributed by atoms with Gasteiger partial charge >= 0.3 is 17.9 Å². The van der Waals surface area contributed by atoms with Gasteiger partial charge in [-0.05, 0) is 29.5 Å². The van der Waals surface area contributed by atoms with E-state index in [9.17, 15) is 22.8 Å². The zero-order valence-corrected chi connectivity index (χ0v) is 22.0. The summed E-state index contributed by atoms with van der Waals surface area (Å²) < 4.78 is 43.9. The van der Waals surface area contributed by atoms with Gasteiger partial charge in [-0.3, -0.25) is 0 Å². The molecule has 13 heteroatoms. The molecular weight excluding hydrogens is 522 g/mol. The number of hydrogen-bond acceptors (Lipinski definition) is 11. The minimum absolute atomic E-state index is 0.0142. The summed E-state index contributed by atoms with van der Waals surface area (Å²) in [4.78, 5) is 45.5. The maximum absolute atomic E-state index is 14.0. The average molecular weight is 546 g/mol. The molecule has 5 rings (SSSR count). The molecule has 1 saturated heterocycles. The van der Waals surface area contributed by atoms with Crippen LogP contribution in [0.25, 0.3) is 0 Å². The van der Waals surface area contributed by atoms with Crippen LogP contribution < -0.4 is 4.90 Å². The largest absolute Gasteiger partial charge is 0.467 e. The van der Waals surface area contributed by atoms with E-state index in [0.29, 0.717) is 11.3 Å². The molecule has 194 valence electrons. The summed E-state index contributed by atoms with van der Waals surface area (Å²) in [5.41, 5.74) is -0.427. The number of fused-ring (bicyclic) bond motifs is 1. The monoisotopic (exact) mass is 545 g/mol. The van der Waals surface area contributed by atoms with Crippen molar-refractivity contribution in [2.45, 2.75) is 28.1 Å². The van der Waals surface area contributed by atoms with Gasteiger partial charge in [0, 0.05) is 12.7 Å². The normalized spacial score (nSPS) is 24.2. The first kappa shape index (κ1) is 25.0. The number of anilines is 1. The fraction of sp³-hybridized carbons (Fsp3) is 0.333. The zero-order chi connectivity index (χ0) is 26.7. The zero-order valence-electron chi connectivity index (χ0n) is 20.3. The molecule has 0 radical (unpaired) electrons. The van der Waals surface area contributed by atoms with E-state index in [1.807, 2.05) is 6.07 Å². The second kappa shape index (κ2) is 8.70. The van der Waals surface area contributed by atoms with Crippen LogP contribution in [0.1, 0.15) is 12.0 Å². The Morgan fingerprint density at radius 1 is 1.03 bits per heavy atom. The Morgan fingerprint density at radius 3 is 2.35 bits per heavy atom. The molecule has 0 unspecified atom stereocenters. The van der Waals surface area contributed by atoms with Crippen molar-refractivity contribution in [3.8, 4) is 0 Å². The van der Waals surface area contributed by atoms with Crippen molar-refractivity contribution < 1.29 is 37.0 Å². The van der Waals surface area contributed by atoms with E-state index in [4.69, 9.17) is 14.2 Å². The van der Waals surface area contributed by atoms with Gasteiger partial charge in [0.15, 0.2) is 5.70 Å². The molecule has 1 fully saturated rings. The number of nitrogens with zero attached hydrogens (tertiary/aromatic N) is 3. The lowest BCUT2D eigenvalue weighted by atomic mass is 9.69. The number of hydrogen-bond donors (Lipinski definition) is 0. The molecule has 2 aromatic rings. The van der Waals surface area contributed by atoms with E-state index in [1.165, 1.54) is 20.3 Å². The van der Waals surface area contributed by atoms with Crippen molar-refractivity contribution in [1.82, 2.24) is 4.31 Å². The summed E-state index contributed by atoms with van der Waals surface area (Å²) in [7, 11) is 0.882. The van der Waals surface area contributed by atoms with Crippen molar-refractivity contribution in [2.24, 2.45) is 4.99 Å². The molecule has 1 aromatic heterocycles. The summed E-state index contributed by atoms with van der Waals surface area (Å²) in [5.74, 6) is -2.62. The van der Waals surface area contributed by atoms with Gasteiger partial charge in [0.25, 0.3) is 10.0 Å². The quantitative estimate of drug-likeness (QED) is 0.405. The molecule has 3 aliphatic rings. The van der Waals surface area contributed by atoms with E-state index in [1.54, 1.807) is 41.6 Å². The predicted molar refractivity (Wildman–Crippen MR) is 133 cm³/mol. The Balaban J connectivity index is 1.90. The summed E-state index contributed by atoms with van der Waals surface area (Å²) >= 11 is 0.982. The first-order valence-corrected chi connectivity index (χ1v) is 13.4. The highest BCUT2D eigenvalue weighted by molar-refractivity contribution is 7.91. The molecule has 0 saturated carbocycles. The van der Waals surface area contributed by atoms with E-state index in [-0.39, 0.29) is 27.7 Å². The van der Waals surface area contributed by atoms with Gasteiger partial charge in [0.1, 0.15) is 16.1 Å². The minimum atomic E-state index is -4.32. The summed E-state index contributed by atoms with van der Waals surface area (Å²) in [6, 6.07) is 7.97. The minimum Gasteiger partial charge on any atom is -0.467 e. The van der Waals surface area contributed by atoms with E-state index in [0.717, 1.165) is 22.8 Å². The number of carbonyl (C=O) groups excluding carboxylic acids is 3. The van der Waals surface area contributed by atoms with Gasteiger partial charge < -0.3 is 19.1 Å². The van der Waals surface area contributed by atoms with Crippen molar-refractivity contribution in [3.63, 3.8) is 0 Å². The van der Waals surface area contributed by atoms with Gasteiger partial charge in [-0.1, -0.05) is 24.3 Å². The molecule has 3 aliphatic heterocycles. The summed E-state index contributed by atoms with van der Waals surface area (Å²) in [5, 5.41) is 1.60. The average Bonchev–Trinajstić information content (AvgIpc) is 3.63. The van der Waals surface area contributed by atoms with Crippen LogP contribution in [0, 0.1) is 0 Å². The second-order valence-electron chi connectivity index (χ2n) is 8.66. The highest BCUT2D eigenvalue weighted by Gasteiger charge is 2.68. The Bertz CT molecular complexity index is 1480. The van der Waals surface area contributed by atoms with Gasteiger partial charge in [-0.25, -0.2) is 32.1 Å². The summed E-state index contributed by atoms with van der Waals surface area (Å²) in [6.07, 6.45) is -0.0793. The molecule has 1 spiro atoms. The van der Waals surface area contributed by atoms with Gasteiger partial charge in [0.2, 0.25) is 0 Å². The van der Waals surface area contributed by atoms with Crippen LogP contribution in [0.2, 0.25) is 0 Å². The third kappa shape index (κ3) is 3.26. The Kier molecular flexibility index (Phi) is 5.87. The van der Waals surface area contributed by atoms with Crippen LogP contribution in [-0.2, 0) is 44.0 Å². The SMILES string of the molecule is COC(=O)C1=C(C(=O)OC)[C@@H]2N(C)c3ccccc3[C@@]23C[C@@H](C(=O)OC)N(S(=O)(=O)c2cccs2)C3=N1. The van der Waals surface area contributed by atoms with Crippen molar-refractivity contribution in [2.75, 3.05) is 33.3 Å². The van der Waals surface area contributed by atoms with Crippen molar-refractivity contribution in [3.05, 3.63) is 58.6 Å². The smallest absolute Gasteiger partial charge is 0.357 e. The number of methoxy groups -OCH3 is 3. The summed E-state index contributed by atoms with van der Waals surface area (Å²) in [6.45, 7) is 0. The number of sulfonamides is 1. The van der Waals surface area contributed by atoms with Crippen LogP contribution in [0.5, 0.6) is 0 Å². The highest BCUT2D eigenvalue weighted by Crippen LogP contribution is 2.58. The van der Waals surface area contributed by atoms with E-state index in [2.05, 4.69) is 4.99 Å². The number of likely N-dealkylation sites (N-methyl/N-ethyl adjacent to an activating group) is 1. The third-order valence-corrected chi connectivity index (χ3v) is 10.2. The highest BCUT2D eigenvalue weighted by atomic mass is 32.2. The maximum Gasteiger partial charge on any atom is 0.357 e. The van der Waals surface area contributed by atoms with Crippen molar-refractivity contribution in [1.29, 1.82) is 0 Å². The number of carbonyl (C=O) groups is 3. The first-order chi connectivity index (χ1) is 17.6. The van der Waals surface area contributed by atoms with E-state index < -0.39 is 45.4 Å². The third-order valence-electron chi connectivity index (χ3n) is 7.04. The van der Waals surface area contributed by atoms with Crippen molar-refractivity contribution >= 4 is 50.8 Å². The molecule has 0 amide bonds. The van der Waals surface area contributed by atoms with Crippen LogP contribution in [0.3, 0.4) is 0 Å². The second-order valence-corrected chi connectivity index (χ2v) is 11.6. The molecule has 37 heavy (non-hydrogen) atoms. The number of esters is 3. The molecule has 4 heterocycles. The standard InChI is InChI=1S/C24H23N3O8S2/c1-26-14-9-6-5-8-13(14)24-12-15(20(28)33-2)27(37(31,32)16-10-7-11-36-16)23(24)25-18(22(30)35-4)17(19(24)26)21(29)34-3/h5-11,15,19H,12H2,1-4H3/t15-,19-,24-/m0/s1. The molecular formula is C24H23N3O8S2. The van der Waals surface area contributed by atoms with Gasteiger partial charge in [-0.15, -0.1) is 11.3 Å². The van der Waals surface area contributed by atoms with Crippen LogP contribution in [0.15, 0.2) is 62.2 Å². The lowest BCUT2D eigenvalue weighted by Gasteiger charge is -2.39. The first-order valence-electron chi connectivity index (χ1n) is 11.1. The molecule has 11 nitrogen and oxygen atoms in total. The Labute approximate surface area is 217 Å². The lowest BCUT2D eigenvalue weighted by molar-refractivity contribution is -0.144. The van der Waals surface area contributed by atoms with Gasteiger partial charge in [0.05, 0.1) is 38.4 Å². The van der Waals surface area contributed by atoms with E-state index >= 15 is 0 Å². The maximum atomic E-state index is 14.0. The number of rotatable bonds is 5. The molecule has 0 N–H and O–H groups in total. The van der Waals surface area contributed by atoms with Gasteiger partial charge in [-0.2, -0.15) is 0 Å². The lowest BCUT2D eigenvalue weighted by Crippen LogP contribution is -2.55. The van der Waals surface area contributed by atoms with Crippen LogP contribution >= 0.6 is 11.3 Å².